The predicted molar refractivity (Wildman–Crippen MR) is 79.4 cm³/mol. The molecular formula is C16H24N2O2. The van der Waals surface area contributed by atoms with Crippen LogP contribution in [0.1, 0.15) is 37.1 Å². The molecule has 1 aliphatic heterocycles. The van der Waals surface area contributed by atoms with Crippen molar-refractivity contribution in [2.45, 2.75) is 32.9 Å². The summed E-state index contributed by atoms with van der Waals surface area (Å²) in [6.45, 7) is 6.86. The monoisotopic (exact) mass is 276 g/mol. The Hall–Kier alpha value is -1.39. The molecule has 110 valence electrons. The smallest absolute Gasteiger partial charge is 0.238 e. The maximum atomic E-state index is 12.0. The number of hydrogen-bond acceptors (Lipinski definition) is 3. The van der Waals surface area contributed by atoms with E-state index in [1.807, 2.05) is 4.90 Å². The van der Waals surface area contributed by atoms with Gasteiger partial charge in [-0.05, 0) is 25.3 Å². The number of ether oxygens (including phenoxy) is 1. The van der Waals surface area contributed by atoms with Crippen LogP contribution >= 0.6 is 0 Å². The number of aryl methyl sites for hydroxylation is 1. The Kier molecular flexibility index (Phi) is 5.56. The highest BCUT2D eigenvalue weighted by molar-refractivity contribution is 5.80. The fourth-order valence-electron chi connectivity index (χ4n) is 2.42. The minimum absolute atomic E-state index is 0.00859. The summed E-state index contributed by atoms with van der Waals surface area (Å²) < 4.78 is 5.48. The second-order valence-electron chi connectivity index (χ2n) is 5.25. The molecule has 1 aliphatic rings. The third-order valence-corrected chi connectivity index (χ3v) is 3.51. The third kappa shape index (κ3) is 3.81. The van der Waals surface area contributed by atoms with Crippen LogP contribution in [-0.4, -0.2) is 37.1 Å². The van der Waals surface area contributed by atoms with Crippen molar-refractivity contribution in [3.8, 4) is 0 Å². The predicted octanol–water partition coefficient (Wildman–Crippen LogP) is 2.24. The highest BCUT2D eigenvalue weighted by Crippen LogP contribution is 2.22. The van der Waals surface area contributed by atoms with Crippen LogP contribution in [0, 0.1) is 6.92 Å². The topological polar surface area (TPSA) is 41.6 Å². The number of hydrogen-bond donors (Lipinski definition) is 1. The Morgan fingerprint density at radius 1 is 1.30 bits per heavy atom. The van der Waals surface area contributed by atoms with Gasteiger partial charge in [0.1, 0.15) is 6.17 Å². The van der Waals surface area contributed by atoms with Gasteiger partial charge in [0.2, 0.25) is 5.91 Å². The lowest BCUT2D eigenvalue weighted by atomic mass is 10.1. The first-order valence-corrected chi connectivity index (χ1v) is 7.39. The highest BCUT2D eigenvalue weighted by atomic mass is 16.5. The van der Waals surface area contributed by atoms with E-state index >= 15 is 0 Å². The van der Waals surface area contributed by atoms with Gasteiger partial charge in [0.05, 0.1) is 6.54 Å². The van der Waals surface area contributed by atoms with E-state index < -0.39 is 0 Å². The largest absolute Gasteiger partial charge is 0.381 e. The van der Waals surface area contributed by atoms with Gasteiger partial charge in [-0.1, -0.05) is 36.8 Å². The van der Waals surface area contributed by atoms with Crippen molar-refractivity contribution in [3.05, 3.63) is 35.4 Å². The summed E-state index contributed by atoms with van der Waals surface area (Å²) in [5, 5.41) is 3.28. The average molecular weight is 276 g/mol. The van der Waals surface area contributed by atoms with Crippen LogP contribution in [0.25, 0.3) is 0 Å². The molecule has 0 aromatic heterocycles. The zero-order valence-corrected chi connectivity index (χ0v) is 12.4. The van der Waals surface area contributed by atoms with E-state index in [0.717, 1.165) is 38.2 Å². The standard InChI is InChI=1S/C16H24N2O2/c1-3-10-20-11-4-9-18-15(19)12-17-16(18)14-7-5-13(2)6-8-14/h5-8,16-17H,3-4,9-12H2,1-2H3. The highest BCUT2D eigenvalue weighted by Gasteiger charge is 2.30. The second-order valence-corrected chi connectivity index (χ2v) is 5.25. The normalized spacial score (nSPS) is 18.8. The molecule has 1 unspecified atom stereocenters. The Bertz CT molecular complexity index is 431. The number of carbonyl (C=O) groups is 1. The molecule has 4 nitrogen and oxygen atoms in total. The molecule has 1 N–H and O–H groups in total. The van der Waals surface area contributed by atoms with Crippen LogP contribution in [-0.2, 0) is 9.53 Å². The molecule has 1 aromatic rings. The van der Waals surface area contributed by atoms with Crippen molar-refractivity contribution in [2.75, 3.05) is 26.3 Å². The summed E-state index contributed by atoms with van der Waals surface area (Å²) >= 11 is 0. The van der Waals surface area contributed by atoms with E-state index in [9.17, 15) is 4.79 Å². The molecule has 0 bridgehead atoms. The second kappa shape index (κ2) is 7.41. The number of benzene rings is 1. The first-order valence-electron chi connectivity index (χ1n) is 7.39. The molecule has 0 aliphatic carbocycles. The Balaban J connectivity index is 1.91. The van der Waals surface area contributed by atoms with Gasteiger partial charge in [0.25, 0.3) is 0 Å². The van der Waals surface area contributed by atoms with Gasteiger partial charge in [-0.15, -0.1) is 0 Å². The SMILES string of the molecule is CCCOCCCN1C(=O)CNC1c1ccc(C)cc1. The lowest BCUT2D eigenvalue weighted by Gasteiger charge is -2.24. The van der Waals surface area contributed by atoms with Gasteiger partial charge >= 0.3 is 0 Å². The van der Waals surface area contributed by atoms with Gasteiger partial charge in [0, 0.05) is 19.8 Å². The summed E-state index contributed by atoms with van der Waals surface area (Å²) in [7, 11) is 0. The first kappa shape index (κ1) is 15.0. The number of nitrogens with zero attached hydrogens (tertiary/aromatic N) is 1. The lowest BCUT2D eigenvalue weighted by molar-refractivity contribution is -0.128. The first-order chi connectivity index (χ1) is 9.72. The summed E-state index contributed by atoms with van der Waals surface area (Å²) in [4.78, 5) is 13.9. The molecular weight excluding hydrogens is 252 g/mol. The summed E-state index contributed by atoms with van der Waals surface area (Å²) in [6, 6.07) is 8.35. The van der Waals surface area contributed by atoms with Gasteiger partial charge in [-0.25, -0.2) is 0 Å². The van der Waals surface area contributed by atoms with Crippen LogP contribution in [0.2, 0.25) is 0 Å². The third-order valence-electron chi connectivity index (χ3n) is 3.51. The minimum atomic E-state index is 0.00859. The molecule has 1 amide bonds. The molecule has 20 heavy (non-hydrogen) atoms. The molecule has 1 heterocycles. The van der Waals surface area contributed by atoms with Crippen LogP contribution in [0.15, 0.2) is 24.3 Å². The van der Waals surface area contributed by atoms with Crippen molar-refractivity contribution in [1.29, 1.82) is 0 Å². The van der Waals surface area contributed by atoms with Crippen molar-refractivity contribution in [2.24, 2.45) is 0 Å². The zero-order chi connectivity index (χ0) is 14.4. The molecule has 0 saturated carbocycles. The van der Waals surface area contributed by atoms with Crippen LogP contribution in [0.4, 0.5) is 0 Å². The van der Waals surface area contributed by atoms with Crippen LogP contribution < -0.4 is 5.32 Å². The van der Waals surface area contributed by atoms with Crippen molar-refractivity contribution >= 4 is 5.91 Å². The molecule has 0 spiro atoms. The molecule has 1 saturated heterocycles. The van der Waals surface area contributed by atoms with Crippen molar-refractivity contribution < 1.29 is 9.53 Å². The van der Waals surface area contributed by atoms with Crippen molar-refractivity contribution in [1.82, 2.24) is 10.2 Å². The minimum Gasteiger partial charge on any atom is -0.381 e. The summed E-state index contributed by atoms with van der Waals surface area (Å²) in [5.74, 6) is 0.172. The number of nitrogens with one attached hydrogen (secondary N) is 1. The number of carbonyl (C=O) groups excluding carboxylic acids is 1. The van der Waals surface area contributed by atoms with Gasteiger partial charge in [-0.2, -0.15) is 0 Å². The van der Waals surface area contributed by atoms with E-state index in [0.29, 0.717) is 6.54 Å². The molecule has 1 fully saturated rings. The Labute approximate surface area is 121 Å². The Morgan fingerprint density at radius 3 is 2.75 bits per heavy atom. The molecule has 1 aromatic carbocycles. The Morgan fingerprint density at radius 2 is 2.05 bits per heavy atom. The molecule has 0 radical (unpaired) electrons. The maximum Gasteiger partial charge on any atom is 0.238 e. The summed E-state index contributed by atoms with van der Waals surface area (Å²) in [6.07, 6.45) is 1.93. The van der Waals surface area contributed by atoms with Gasteiger partial charge in [0.15, 0.2) is 0 Å². The van der Waals surface area contributed by atoms with E-state index in [-0.39, 0.29) is 12.1 Å². The molecule has 4 heteroatoms. The number of amides is 1. The quantitative estimate of drug-likeness (QED) is 0.777. The van der Waals surface area contributed by atoms with Crippen molar-refractivity contribution in [3.63, 3.8) is 0 Å². The van der Waals surface area contributed by atoms with Gasteiger partial charge < -0.3 is 9.64 Å². The van der Waals surface area contributed by atoms with E-state index in [1.54, 1.807) is 0 Å². The van der Waals surface area contributed by atoms with E-state index in [1.165, 1.54) is 5.56 Å². The van der Waals surface area contributed by atoms with E-state index in [4.69, 9.17) is 4.74 Å². The maximum absolute atomic E-state index is 12.0. The molecule has 1 atom stereocenters. The fourth-order valence-corrected chi connectivity index (χ4v) is 2.42. The van der Waals surface area contributed by atoms with Gasteiger partial charge in [-0.3, -0.25) is 10.1 Å². The van der Waals surface area contributed by atoms with E-state index in [2.05, 4.69) is 43.4 Å². The van der Waals surface area contributed by atoms with Crippen LogP contribution in [0.5, 0.6) is 0 Å². The number of rotatable bonds is 7. The lowest BCUT2D eigenvalue weighted by Crippen LogP contribution is -2.31. The van der Waals surface area contributed by atoms with Crippen LogP contribution in [0.3, 0.4) is 0 Å². The fraction of sp³-hybridized carbons (Fsp3) is 0.562. The summed E-state index contributed by atoms with van der Waals surface area (Å²) in [5.41, 5.74) is 2.38. The average Bonchev–Trinajstić information content (AvgIpc) is 2.81. The zero-order valence-electron chi connectivity index (χ0n) is 12.4. The molecule has 2 rings (SSSR count).